The lowest BCUT2D eigenvalue weighted by Crippen LogP contribution is -2.14. The van der Waals surface area contributed by atoms with Crippen LogP contribution in [0.4, 0.5) is 21.6 Å². The molecule has 6 heteroatoms. The van der Waals surface area contributed by atoms with E-state index in [2.05, 4.69) is 20.6 Å². The monoisotopic (exact) mass is 322 g/mol. The van der Waals surface area contributed by atoms with Gasteiger partial charge in [0.2, 0.25) is 0 Å². The van der Waals surface area contributed by atoms with Crippen LogP contribution in [-0.2, 0) is 0 Å². The quantitative estimate of drug-likeness (QED) is 0.764. The van der Waals surface area contributed by atoms with Crippen LogP contribution in [0.2, 0.25) is 0 Å². The van der Waals surface area contributed by atoms with E-state index in [1.54, 1.807) is 6.07 Å². The lowest BCUT2D eigenvalue weighted by atomic mass is 10.2. The van der Waals surface area contributed by atoms with Gasteiger partial charge < -0.3 is 10.6 Å². The van der Waals surface area contributed by atoms with Gasteiger partial charge in [-0.05, 0) is 37.3 Å². The van der Waals surface area contributed by atoms with Gasteiger partial charge in [-0.3, -0.25) is 4.79 Å². The third-order valence-electron chi connectivity index (χ3n) is 3.31. The highest BCUT2D eigenvalue weighted by atomic mass is 19.1. The molecule has 3 aromatic rings. The molecule has 1 heterocycles. The first-order valence-electron chi connectivity index (χ1n) is 7.33. The Morgan fingerprint density at radius 2 is 1.79 bits per heavy atom. The standard InChI is InChI=1S/C18H15FN4O/c1-12-5-7-14(8-6-12)22-17-10-16(20-11-21-17)18(24)23-15-4-2-3-13(19)9-15/h2-11H,1H3,(H,23,24)(H,20,21,22). The van der Waals surface area contributed by atoms with Crippen molar-refractivity contribution in [1.29, 1.82) is 0 Å². The summed E-state index contributed by atoms with van der Waals surface area (Å²) in [5.41, 5.74) is 2.56. The molecule has 0 saturated carbocycles. The maximum absolute atomic E-state index is 13.2. The molecule has 0 unspecified atom stereocenters. The maximum atomic E-state index is 13.2. The molecule has 0 radical (unpaired) electrons. The van der Waals surface area contributed by atoms with Crippen molar-refractivity contribution in [2.75, 3.05) is 10.6 Å². The first-order chi connectivity index (χ1) is 11.6. The fourth-order valence-electron chi connectivity index (χ4n) is 2.10. The molecule has 0 aliphatic heterocycles. The van der Waals surface area contributed by atoms with Crippen molar-refractivity contribution in [3.8, 4) is 0 Å². The molecule has 120 valence electrons. The molecule has 24 heavy (non-hydrogen) atoms. The van der Waals surface area contributed by atoms with Crippen molar-refractivity contribution in [2.24, 2.45) is 0 Å². The third-order valence-corrected chi connectivity index (χ3v) is 3.31. The minimum Gasteiger partial charge on any atom is -0.340 e. The van der Waals surface area contributed by atoms with Crippen LogP contribution in [0.3, 0.4) is 0 Å². The van der Waals surface area contributed by atoms with Crippen LogP contribution in [0.5, 0.6) is 0 Å². The lowest BCUT2D eigenvalue weighted by molar-refractivity contribution is 0.102. The molecule has 2 N–H and O–H groups in total. The predicted octanol–water partition coefficient (Wildman–Crippen LogP) is 3.92. The summed E-state index contributed by atoms with van der Waals surface area (Å²) in [4.78, 5) is 20.3. The molecule has 0 saturated heterocycles. The Morgan fingerprint density at radius 1 is 1.00 bits per heavy atom. The number of anilines is 3. The molecule has 5 nitrogen and oxygen atoms in total. The Balaban J connectivity index is 1.74. The average Bonchev–Trinajstić information content (AvgIpc) is 2.57. The van der Waals surface area contributed by atoms with E-state index in [-0.39, 0.29) is 5.69 Å². The van der Waals surface area contributed by atoms with Crippen LogP contribution in [0.25, 0.3) is 0 Å². The first kappa shape index (κ1) is 15.6. The molecule has 1 aromatic heterocycles. The summed E-state index contributed by atoms with van der Waals surface area (Å²) in [7, 11) is 0. The van der Waals surface area contributed by atoms with Crippen LogP contribution in [0.15, 0.2) is 60.9 Å². The Bertz CT molecular complexity index is 865. The van der Waals surface area contributed by atoms with E-state index >= 15 is 0 Å². The van der Waals surface area contributed by atoms with Crippen molar-refractivity contribution in [1.82, 2.24) is 9.97 Å². The number of hydrogen-bond donors (Lipinski definition) is 2. The predicted molar refractivity (Wildman–Crippen MR) is 90.8 cm³/mol. The van der Waals surface area contributed by atoms with Crippen molar-refractivity contribution in [3.63, 3.8) is 0 Å². The minimum atomic E-state index is -0.435. The largest absolute Gasteiger partial charge is 0.340 e. The Labute approximate surface area is 138 Å². The molecule has 0 aliphatic carbocycles. The smallest absolute Gasteiger partial charge is 0.274 e. The zero-order valence-corrected chi connectivity index (χ0v) is 13.0. The zero-order valence-electron chi connectivity index (χ0n) is 13.0. The molecule has 0 atom stereocenters. The van der Waals surface area contributed by atoms with E-state index in [9.17, 15) is 9.18 Å². The number of carbonyl (C=O) groups excluding carboxylic acids is 1. The Kier molecular flexibility index (Phi) is 4.47. The van der Waals surface area contributed by atoms with Crippen molar-refractivity contribution in [2.45, 2.75) is 6.92 Å². The van der Waals surface area contributed by atoms with Gasteiger partial charge in [-0.1, -0.05) is 23.8 Å². The molecule has 0 aliphatic rings. The van der Waals surface area contributed by atoms with Gasteiger partial charge in [-0.15, -0.1) is 0 Å². The molecular weight excluding hydrogens is 307 g/mol. The number of benzene rings is 2. The van der Waals surface area contributed by atoms with Gasteiger partial charge in [-0.25, -0.2) is 14.4 Å². The average molecular weight is 322 g/mol. The minimum absolute atomic E-state index is 0.184. The summed E-state index contributed by atoms with van der Waals surface area (Å²) >= 11 is 0. The summed E-state index contributed by atoms with van der Waals surface area (Å²) in [6, 6.07) is 15.0. The van der Waals surface area contributed by atoms with Crippen molar-refractivity contribution < 1.29 is 9.18 Å². The van der Waals surface area contributed by atoms with Gasteiger partial charge in [0, 0.05) is 17.4 Å². The molecule has 0 bridgehead atoms. The lowest BCUT2D eigenvalue weighted by Gasteiger charge is -2.08. The van der Waals surface area contributed by atoms with Crippen molar-refractivity contribution in [3.05, 3.63) is 78.0 Å². The molecule has 1 amide bonds. The van der Waals surface area contributed by atoms with Gasteiger partial charge in [0.15, 0.2) is 0 Å². The van der Waals surface area contributed by atoms with Crippen LogP contribution < -0.4 is 10.6 Å². The summed E-state index contributed by atoms with van der Waals surface area (Å²) in [6.45, 7) is 2.00. The van der Waals surface area contributed by atoms with Gasteiger partial charge in [0.05, 0.1) is 0 Å². The van der Waals surface area contributed by atoms with Crippen LogP contribution >= 0.6 is 0 Å². The van der Waals surface area contributed by atoms with Crippen LogP contribution in [-0.4, -0.2) is 15.9 Å². The van der Waals surface area contributed by atoms with E-state index in [0.29, 0.717) is 11.5 Å². The molecule has 3 rings (SSSR count). The summed E-state index contributed by atoms with van der Waals surface area (Å²) in [5, 5.41) is 5.71. The van der Waals surface area contributed by atoms with E-state index in [1.165, 1.54) is 30.6 Å². The normalized spacial score (nSPS) is 10.2. The van der Waals surface area contributed by atoms with Gasteiger partial charge in [0.1, 0.15) is 23.7 Å². The number of amides is 1. The van der Waals surface area contributed by atoms with Gasteiger partial charge in [-0.2, -0.15) is 0 Å². The maximum Gasteiger partial charge on any atom is 0.274 e. The zero-order chi connectivity index (χ0) is 16.9. The molecule has 2 aromatic carbocycles. The van der Waals surface area contributed by atoms with E-state index in [4.69, 9.17) is 0 Å². The summed E-state index contributed by atoms with van der Waals surface area (Å²) in [6.07, 6.45) is 1.30. The second-order valence-electron chi connectivity index (χ2n) is 5.24. The first-order valence-corrected chi connectivity index (χ1v) is 7.33. The molecule has 0 spiro atoms. The fourth-order valence-corrected chi connectivity index (χ4v) is 2.10. The van der Waals surface area contributed by atoms with E-state index < -0.39 is 11.7 Å². The van der Waals surface area contributed by atoms with Gasteiger partial charge >= 0.3 is 0 Å². The number of nitrogens with zero attached hydrogens (tertiary/aromatic N) is 2. The number of carbonyl (C=O) groups is 1. The van der Waals surface area contributed by atoms with Crippen LogP contribution in [0, 0.1) is 12.7 Å². The van der Waals surface area contributed by atoms with Crippen molar-refractivity contribution >= 4 is 23.1 Å². The Morgan fingerprint density at radius 3 is 2.54 bits per heavy atom. The number of nitrogens with one attached hydrogen (secondary N) is 2. The van der Waals surface area contributed by atoms with E-state index in [1.807, 2.05) is 31.2 Å². The topological polar surface area (TPSA) is 66.9 Å². The highest BCUT2D eigenvalue weighted by Crippen LogP contribution is 2.16. The third kappa shape index (κ3) is 3.92. The summed E-state index contributed by atoms with van der Waals surface area (Å²) < 4.78 is 13.2. The summed E-state index contributed by atoms with van der Waals surface area (Å²) in [5.74, 6) is -0.356. The van der Waals surface area contributed by atoms with E-state index in [0.717, 1.165) is 11.3 Å². The Hall–Kier alpha value is -3.28. The highest BCUT2D eigenvalue weighted by molar-refractivity contribution is 6.03. The number of rotatable bonds is 4. The second kappa shape index (κ2) is 6.87. The number of aryl methyl sites for hydroxylation is 1. The number of halogens is 1. The second-order valence-corrected chi connectivity index (χ2v) is 5.24. The number of hydrogen-bond acceptors (Lipinski definition) is 4. The van der Waals surface area contributed by atoms with Gasteiger partial charge in [0.25, 0.3) is 5.91 Å². The highest BCUT2D eigenvalue weighted by Gasteiger charge is 2.10. The van der Waals surface area contributed by atoms with Crippen LogP contribution in [0.1, 0.15) is 16.1 Å². The SMILES string of the molecule is Cc1ccc(Nc2cc(C(=O)Nc3cccc(F)c3)ncn2)cc1. The molecule has 0 fully saturated rings. The molecular formula is C18H15FN4O. The fraction of sp³-hybridized carbons (Fsp3) is 0.0556. The number of aromatic nitrogens is 2.